The van der Waals surface area contributed by atoms with E-state index in [0.717, 1.165) is 11.6 Å². The lowest BCUT2D eigenvalue weighted by atomic mass is 10.1. The molecule has 0 saturated carbocycles. The summed E-state index contributed by atoms with van der Waals surface area (Å²) in [4.78, 5) is 10.9. The first kappa shape index (κ1) is 15.8. The largest absolute Gasteiger partial charge is 0.504 e. The lowest BCUT2D eigenvalue weighted by molar-refractivity contribution is 0.0696. The number of nitrogens with one attached hydrogen (secondary N) is 1. The first-order valence-electron chi connectivity index (χ1n) is 6.59. The molecule has 5 nitrogen and oxygen atoms in total. The number of benzene rings is 2. The van der Waals surface area contributed by atoms with E-state index in [1.165, 1.54) is 19.2 Å². The Balaban J connectivity index is 2.00. The summed E-state index contributed by atoms with van der Waals surface area (Å²) in [5.74, 6) is -1.15. The second-order valence-electron chi connectivity index (χ2n) is 4.72. The SMILES string of the molecule is COc1ccc(CNCc2cc(C(=O)O)ccc2F)cc1O. The van der Waals surface area contributed by atoms with Crippen LogP contribution in [-0.2, 0) is 13.1 Å². The topological polar surface area (TPSA) is 78.8 Å². The van der Waals surface area contributed by atoms with Crippen molar-refractivity contribution in [2.45, 2.75) is 13.1 Å². The van der Waals surface area contributed by atoms with Gasteiger partial charge in [0.1, 0.15) is 5.82 Å². The van der Waals surface area contributed by atoms with Crippen LogP contribution in [0.3, 0.4) is 0 Å². The molecule has 0 fully saturated rings. The molecule has 2 aromatic rings. The van der Waals surface area contributed by atoms with Gasteiger partial charge >= 0.3 is 5.97 Å². The van der Waals surface area contributed by atoms with Crippen molar-refractivity contribution in [1.82, 2.24) is 5.32 Å². The lowest BCUT2D eigenvalue weighted by Crippen LogP contribution is -2.14. The molecule has 0 saturated heterocycles. The van der Waals surface area contributed by atoms with E-state index in [2.05, 4.69) is 5.32 Å². The van der Waals surface area contributed by atoms with Crippen molar-refractivity contribution in [3.05, 3.63) is 58.9 Å². The van der Waals surface area contributed by atoms with Gasteiger partial charge in [-0.2, -0.15) is 0 Å². The van der Waals surface area contributed by atoms with Gasteiger partial charge in [0.05, 0.1) is 12.7 Å². The molecule has 2 rings (SSSR count). The molecule has 0 unspecified atom stereocenters. The fourth-order valence-corrected chi connectivity index (χ4v) is 2.03. The van der Waals surface area contributed by atoms with Gasteiger partial charge in [0.25, 0.3) is 0 Å². The highest BCUT2D eigenvalue weighted by atomic mass is 19.1. The fourth-order valence-electron chi connectivity index (χ4n) is 2.03. The Morgan fingerprint density at radius 2 is 2.00 bits per heavy atom. The molecular formula is C16H16FNO4. The molecule has 2 aromatic carbocycles. The number of hydrogen-bond donors (Lipinski definition) is 3. The molecule has 6 heteroatoms. The van der Waals surface area contributed by atoms with Crippen LogP contribution in [0.15, 0.2) is 36.4 Å². The van der Waals surface area contributed by atoms with Crippen molar-refractivity contribution >= 4 is 5.97 Å². The molecule has 0 aliphatic carbocycles. The Hall–Kier alpha value is -2.60. The van der Waals surface area contributed by atoms with Crippen LogP contribution >= 0.6 is 0 Å². The van der Waals surface area contributed by atoms with Gasteiger partial charge in [0, 0.05) is 18.7 Å². The summed E-state index contributed by atoms with van der Waals surface area (Å²) >= 11 is 0. The smallest absolute Gasteiger partial charge is 0.335 e. The van der Waals surface area contributed by atoms with Crippen molar-refractivity contribution in [2.24, 2.45) is 0 Å². The summed E-state index contributed by atoms with van der Waals surface area (Å²) in [7, 11) is 1.46. The molecule has 0 radical (unpaired) electrons. The lowest BCUT2D eigenvalue weighted by Gasteiger charge is -2.09. The predicted molar refractivity (Wildman–Crippen MR) is 78.6 cm³/mol. The monoisotopic (exact) mass is 305 g/mol. The van der Waals surface area contributed by atoms with Crippen LogP contribution in [0.25, 0.3) is 0 Å². The van der Waals surface area contributed by atoms with Crippen LogP contribution in [0.4, 0.5) is 4.39 Å². The maximum atomic E-state index is 13.6. The molecule has 0 spiro atoms. The summed E-state index contributed by atoms with van der Waals surface area (Å²) < 4.78 is 18.6. The second-order valence-corrected chi connectivity index (χ2v) is 4.72. The number of aromatic carboxylic acids is 1. The van der Waals surface area contributed by atoms with Gasteiger partial charge in [-0.15, -0.1) is 0 Å². The van der Waals surface area contributed by atoms with E-state index in [1.807, 2.05) is 0 Å². The third kappa shape index (κ3) is 3.73. The number of rotatable bonds is 6. The highest BCUT2D eigenvalue weighted by Gasteiger charge is 2.08. The normalized spacial score (nSPS) is 10.5. The Bertz CT molecular complexity index is 688. The molecule has 0 heterocycles. The molecule has 0 atom stereocenters. The van der Waals surface area contributed by atoms with Gasteiger partial charge in [0.2, 0.25) is 0 Å². The van der Waals surface area contributed by atoms with Gasteiger partial charge in [-0.05, 0) is 35.9 Å². The molecule has 0 aliphatic heterocycles. The number of carboxylic acids is 1. The van der Waals surface area contributed by atoms with E-state index in [4.69, 9.17) is 9.84 Å². The third-order valence-corrected chi connectivity index (χ3v) is 3.18. The molecule has 22 heavy (non-hydrogen) atoms. The molecule has 0 aliphatic rings. The highest BCUT2D eigenvalue weighted by Crippen LogP contribution is 2.26. The quantitative estimate of drug-likeness (QED) is 0.764. The number of hydrogen-bond acceptors (Lipinski definition) is 4. The number of ether oxygens (including phenoxy) is 1. The van der Waals surface area contributed by atoms with Crippen molar-refractivity contribution in [3.63, 3.8) is 0 Å². The van der Waals surface area contributed by atoms with Crippen molar-refractivity contribution in [2.75, 3.05) is 7.11 Å². The number of carbonyl (C=O) groups is 1. The van der Waals surface area contributed by atoms with Crippen molar-refractivity contribution < 1.29 is 24.1 Å². The molecular weight excluding hydrogens is 289 g/mol. The van der Waals surface area contributed by atoms with Crippen molar-refractivity contribution in [1.29, 1.82) is 0 Å². The highest BCUT2D eigenvalue weighted by molar-refractivity contribution is 5.87. The summed E-state index contributed by atoms with van der Waals surface area (Å²) in [6.45, 7) is 0.577. The summed E-state index contributed by atoms with van der Waals surface area (Å²) in [6, 6.07) is 8.63. The summed E-state index contributed by atoms with van der Waals surface area (Å²) in [5, 5.41) is 21.6. The van der Waals surface area contributed by atoms with Crippen molar-refractivity contribution in [3.8, 4) is 11.5 Å². The third-order valence-electron chi connectivity index (χ3n) is 3.18. The Morgan fingerprint density at radius 1 is 1.23 bits per heavy atom. The maximum Gasteiger partial charge on any atom is 0.335 e. The average molecular weight is 305 g/mol. The Labute approximate surface area is 127 Å². The maximum absolute atomic E-state index is 13.6. The molecule has 0 bridgehead atoms. The van der Waals surface area contributed by atoms with Crippen LogP contribution < -0.4 is 10.1 Å². The van der Waals surface area contributed by atoms with E-state index >= 15 is 0 Å². The average Bonchev–Trinajstić information content (AvgIpc) is 2.49. The van der Waals surface area contributed by atoms with Crippen LogP contribution in [0.1, 0.15) is 21.5 Å². The second kappa shape index (κ2) is 6.91. The Morgan fingerprint density at radius 3 is 2.64 bits per heavy atom. The van der Waals surface area contributed by atoms with E-state index in [-0.39, 0.29) is 23.4 Å². The summed E-state index contributed by atoms with van der Waals surface area (Å²) in [6.07, 6.45) is 0. The molecule has 0 aromatic heterocycles. The van der Waals surface area contributed by atoms with Gasteiger partial charge in [-0.25, -0.2) is 9.18 Å². The van der Waals surface area contributed by atoms with Gasteiger partial charge < -0.3 is 20.3 Å². The van der Waals surface area contributed by atoms with Crippen LogP contribution in [0.5, 0.6) is 11.5 Å². The van der Waals surface area contributed by atoms with Crippen LogP contribution in [-0.4, -0.2) is 23.3 Å². The van der Waals surface area contributed by atoms with Crippen LogP contribution in [0.2, 0.25) is 0 Å². The number of halogens is 1. The first-order chi connectivity index (χ1) is 10.5. The number of aromatic hydroxyl groups is 1. The van der Waals surface area contributed by atoms with Gasteiger partial charge in [0.15, 0.2) is 11.5 Å². The zero-order chi connectivity index (χ0) is 16.1. The first-order valence-corrected chi connectivity index (χ1v) is 6.59. The van der Waals surface area contributed by atoms with E-state index in [0.29, 0.717) is 12.3 Å². The van der Waals surface area contributed by atoms with Gasteiger partial charge in [-0.3, -0.25) is 0 Å². The number of phenols is 1. The van der Waals surface area contributed by atoms with E-state index in [9.17, 15) is 14.3 Å². The summed E-state index contributed by atoms with van der Waals surface area (Å²) in [5.41, 5.74) is 1.12. The van der Waals surface area contributed by atoms with E-state index in [1.54, 1.807) is 18.2 Å². The van der Waals surface area contributed by atoms with E-state index < -0.39 is 11.8 Å². The van der Waals surface area contributed by atoms with Gasteiger partial charge in [-0.1, -0.05) is 6.07 Å². The Kier molecular flexibility index (Phi) is 4.95. The number of carboxylic acid groups (broad SMARTS) is 1. The molecule has 3 N–H and O–H groups in total. The minimum Gasteiger partial charge on any atom is -0.504 e. The zero-order valence-corrected chi connectivity index (χ0v) is 12.0. The number of methoxy groups -OCH3 is 1. The predicted octanol–water partition coefficient (Wildman–Crippen LogP) is 2.53. The molecule has 0 amide bonds. The fraction of sp³-hybridized carbons (Fsp3) is 0.188. The standard InChI is InChI=1S/C16H16FNO4/c1-22-15-5-2-10(6-14(15)19)8-18-9-12-7-11(16(20)21)3-4-13(12)17/h2-7,18-19H,8-9H2,1H3,(H,20,21). The van der Waals surface area contributed by atoms with Crippen LogP contribution in [0, 0.1) is 5.82 Å². The number of phenolic OH excluding ortho intramolecular Hbond substituents is 1. The minimum absolute atomic E-state index is 0.0286. The minimum atomic E-state index is -1.10. The molecule has 116 valence electrons. The zero-order valence-electron chi connectivity index (χ0n) is 12.0.